The highest BCUT2D eigenvalue weighted by atomic mass is 35.5. The number of halogens is 1. The summed E-state index contributed by atoms with van der Waals surface area (Å²) in [4.78, 5) is 0. The first-order valence-corrected chi connectivity index (χ1v) is 7.83. The molecular weight excluding hydrogens is 300 g/mol. The lowest BCUT2D eigenvalue weighted by molar-refractivity contribution is 0.290. The van der Waals surface area contributed by atoms with E-state index in [1.54, 1.807) is 16.8 Å². The second-order valence-electron chi connectivity index (χ2n) is 5.00. The van der Waals surface area contributed by atoms with Gasteiger partial charge < -0.3 is 4.74 Å². The van der Waals surface area contributed by atoms with Gasteiger partial charge in [0.25, 0.3) is 0 Å². The van der Waals surface area contributed by atoms with Crippen LogP contribution in [0.25, 0.3) is 0 Å². The van der Waals surface area contributed by atoms with Crippen LogP contribution in [-0.2, 0) is 13.2 Å². The van der Waals surface area contributed by atoms with Gasteiger partial charge in [-0.05, 0) is 18.6 Å². The van der Waals surface area contributed by atoms with Crippen LogP contribution in [0.15, 0.2) is 24.3 Å². The maximum absolute atomic E-state index is 9.15. The second-order valence-corrected chi connectivity index (χ2v) is 5.41. The van der Waals surface area contributed by atoms with Crippen molar-refractivity contribution in [3.8, 4) is 11.8 Å². The van der Waals surface area contributed by atoms with Gasteiger partial charge in [0, 0.05) is 6.54 Å². The van der Waals surface area contributed by atoms with E-state index in [-0.39, 0.29) is 6.61 Å². The molecule has 0 saturated carbocycles. The van der Waals surface area contributed by atoms with Crippen LogP contribution in [0.2, 0.25) is 5.02 Å². The van der Waals surface area contributed by atoms with Crippen LogP contribution in [0.1, 0.15) is 44.0 Å². The molecule has 116 valence electrons. The third-order valence-electron chi connectivity index (χ3n) is 3.37. The van der Waals surface area contributed by atoms with E-state index in [0.717, 1.165) is 19.4 Å². The van der Waals surface area contributed by atoms with E-state index in [2.05, 4.69) is 23.3 Å². The molecule has 0 aliphatic carbocycles. The molecule has 0 N–H and O–H groups in total. The van der Waals surface area contributed by atoms with Gasteiger partial charge in [-0.2, -0.15) is 5.26 Å². The first kappa shape index (κ1) is 16.3. The lowest BCUT2D eigenvalue weighted by atomic mass is 10.2. The molecule has 0 bridgehead atoms. The minimum Gasteiger partial charge on any atom is -0.486 e. The van der Waals surface area contributed by atoms with Crippen molar-refractivity contribution in [3.63, 3.8) is 0 Å². The zero-order valence-electron chi connectivity index (χ0n) is 12.6. The zero-order valence-corrected chi connectivity index (χ0v) is 13.4. The van der Waals surface area contributed by atoms with Gasteiger partial charge in [0.1, 0.15) is 24.1 Å². The van der Waals surface area contributed by atoms with Crippen LogP contribution in [0.5, 0.6) is 5.75 Å². The highest BCUT2D eigenvalue weighted by Crippen LogP contribution is 2.24. The van der Waals surface area contributed by atoms with Gasteiger partial charge in [-0.15, -0.1) is 5.10 Å². The number of hydrogen-bond donors (Lipinski definition) is 0. The van der Waals surface area contributed by atoms with Crippen LogP contribution < -0.4 is 4.74 Å². The molecule has 0 unspecified atom stereocenters. The summed E-state index contributed by atoms with van der Waals surface area (Å²) < 4.78 is 7.46. The van der Waals surface area contributed by atoms with Crippen molar-refractivity contribution in [1.29, 1.82) is 5.26 Å². The number of rotatable bonds is 8. The van der Waals surface area contributed by atoms with Gasteiger partial charge in [-0.3, -0.25) is 0 Å². The average Bonchev–Trinajstić information content (AvgIpc) is 2.93. The van der Waals surface area contributed by atoms with Crippen LogP contribution in [0.4, 0.5) is 0 Å². The molecule has 0 radical (unpaired) electrons. The van der Waals surface area contributed by atoms with Gasteiger partial charge in [-0.25, -0.2) is 4.68 Å². The lowest BCUT2D eigenvalue weighted by Crippen LogP contribution is -2.09. The van der Waals surface area contributed by atoms with E-state index in [4.69, 9.17) is 21.6 Å². The second kappa shape index (κ2) is 8.40. The normalized spacial score (nSPS) is 10.4. The SMILES string of the molecule is CCCCCCn1nnc(C#N)c1COc1ccccc1Cl. The van der Waals surface area contributed by atoms with E-state index < -0.39 is 0 Å². The molecule has 0 saturated heterocycles. The Bertz CT molecular complexity index is 648. The summed E-state index contributed by atoms with van der Waals surface area (Å²) in [6, 6.07) is 9.32. The highest BCUT2D eigenvalue weighted by molar-refractivity contribution is 6.32. The van der Waals surface area contributed by atoms with Gasteiger partial charge in [0.05, 0.1) is 5.02 Å². The highest BCUT2D eigenvalue weighted by Gasteiger charge is 2.13. The fourth-order valence-corrected chi connectivity index (χ4v) is 2.33. The Kier molecular flexibility index (Phi) is 6.23. The van der Waals surface area contributed by atoms with Crippen molar-refractivity contribution in [2.45, 2.75) is 45.8 Å². The van der Waals surface area contributed by atoms with Gasteiger partial charge >= 0.3 is 0 Å². The predicted octanol–water partition coefficient (Wildman–Crippen LogP) is 3.96. The molecule has 1 heterocycles. The van der Waals surface area contributed by atoms with Crippen molar-refractivity contribution >= 4 is 11.6 Å². The first-order chi connectivity index (χ1) is 10.8. The summed E-state index contributed by atoms with van der Waals surface area (Å²) in [5, 5.41) is 17.6. The molecule has 0 atom stereocenters. The van der Waals surface area contributed by atoms with E-state index in [9.17, 15) is 0 Å². The van der Waals surface area contributed by atoms with Gasteiger partial charge in [0.15, 0.2) is 5.69 Å². The number of nitrogens with zero attached hydrogens (tertiary/aromatic N) is 4. The Morgan fingerprint density at radius 1 is 1.27 bits per heavy atom. The van der Waals surface area contributed by atoms with E-state index >= 15 is 0 Å². The fraction of sp³-hybridized carbons (Fsp3) is 0.438. The number of aromatic nitrogens is 3. The quantitative estimate of drug-likeness (QED) is 0.691. The van der Waals surface area contributed by atoms with Crippen LogP contribution in [-0.4, -0.2) is 15.0 Å². The topological polar surface area (TPSA) is 63.7 Å². The Morgan fingerprint density at radius 3 is 2.82 bits per heavy atom. The Morgan fingerprint density at radius 2 is 2.09 bits per heavy atom. The summed E-state index contributed by atoms with van der Waals surface area (Å²) in [7, 11) is 0. The Balaban J connectivity index is 2.04. The molecule has 1 aromatic carbocycles. The molecule has 0 spiro atoms. The monoisotopic (exact) mass is 318 g/mol. The molecule has 0 aliphatic rings. The minimum absolute atomic E-state index is 0.230. The van der Waals surface area contributed by atoms with Crippen molar-refractivity contribution in [2.24, 2.45) is 0 Å². The number of aryl methyl sites for hydroxylation is 1. The maximum Gasteiger partial charge on any atom is 0.189 e. The standard InChI is InChI=1S/C16H19ClN4O/c1-2-3-4-7-10-21-15(14(11-18)19-20-21)12-22-16-9-6-5-8-13(16)17/h5-6,8-9H,2-4,7,10,12H2,1H3. The maximum atomic E-state index is 9.15. The zero-order chi connectivity index (χ0) is 15.8. The summed E-state index contributed by atoms with van der Waals surface area (Å²) in [6.07, 6.45) is 4.54. The van der Waals surface area contributed by atoms with Crippen LogP contribution in [0.3, 0.4) is 0 Å². The third-order valence-corrected chi connectivity index (χ3v) is 3.68. The van der Waals surface area contributed by atoms with Crippen molar-refractivity contribution in [1.82, 2.24) is 15.0 Å². The van der Waals surface area contributed by atoms with E-state index in [1.807, 2.05) is 12.1 Å². The van der Waals surface area contributed by atoms with Crippen molar-refractivity contribution < 1.29 is 4.74 Å². The number of ether oxygens (including phenoxy) is 1. The molecular formula is C16H19ClN4O. The number of benzene rings is 1. The molecule has 2 rings (SSSR count). The third kappa shape index (κ3) is 4.22. The van der Waals surface area contributed by atoms with E-state index in [1.165, 1.54) is 12.8 Å². The van der Waals surface area contributed by atoms with Crippen molar-refractivity contribution in [3.05, 3.63) is 40.7 Å². The number of nitriles is 1. The molecule has 6 heteroatoms. The van der Waals surface area contributed by atoms with Gasteiger partial charge in [0.2, 0.25) is 0 Å². The number of unbranched alkanes of at least 4 members (excludes halogenated alkanes) is 3. The minimum atomic E-state index is 0.230. The van der Waals surface area contributed by atoms with Crippen LogP contribution in [0, 0.1) is 11.3 Å². The largest absolute Gasteiger partial charge is 0.486 e. The number of para-hydroxylation sites is 1. The molecule has 0 amide bonds. The summed E-state index contributed by atoms with van der Waals surface area (Å²) in [6.45, 7) is 3.15. The summed E-state index contributed by atoms with van der Waals surface area (Å²) in [5.74, 6) is 0.590. The van der Waals surface area contributed by atoms with Gasteiger partial charge in [-0.1, -0.05) is 55.1 Å². The Labute approximate surface area is 135 Å². The smallest absolute Gasteiger partial charge is 0.189 e. The van der Waals surface area contributed by atoms with Crippen molar-refractivity contribution in [2.75, 3.05) is 0 Å². The predicted molar refractivity (Wildman–Crippen MR) is 84.7 cm³/mol. The molecule has 0 fully saturated rings. The lowest BCUT2D eigenvalue weighted by Gasteiger charge is -2.09. The summed E-state index contributed by atoms with van der Waals surface area (Å²) >= 11 is 6.07. The fourth-order valence-electron chi connectivity index (χ4n) is 2.14. The average molecular weight is 319 g/mol. The van der Waals surface area contributed by atoms with Crippen LogP contribution >= 0.6 is 11.6 Å². The Hall–Kier alpha value is -2.06. The molecule has 1 aromatic heterocycles. The number of hydrogen-bond acceptors (Lipinski definition) is 4. The first-order valence-electron chi connectivity index (χ1n) is 7.46. The summed E-state index contributed by atoms with van der Waals surface area (Å²) in [5.41, 5.74) is 1.00. The molecule has 0 aliphatic heterocycles. The van der Waals surface area contributed by atoms with E-state index in [0.29, 0.717) is 22.2 Å². The molecule has 2 aromatic rings. The molecule has 5 nitrogen and oxygen atoms in total. The molecule has 22 heavy (non-hydrogen) atoms.